The summed E-state index contributed by atoms with van der Waals surface area (Å²) in [5.41, 5.74) is 13.4. The van der Waals surface area contributed by atoms with Crippen molar-refractivity contribution >= 4 is 92.9 Å². The second-order valence-corrected chi connectivity index (χ2v) is 17.0. The summed E-state index contributed by atoms with van der Waals surface area (Å²) in [6, 6.07) is 77.4. The zero-order valence-electron chi connectivity index (χ0n) is 35.5. The topological polar surface area (TPSA) is 37.0 Å². The summed E-state index contributed by atoms with van der Waals surface area (Å²) < 4.78 is 9.38. The van der Waals surface area contributed by atoms with E-state index in [1.807, 2.05) is 0 Å². The van der Waals surface area contributed by atoms with Crippen LogP contribution in [0.3, 0.4) is 0 Å². The van der Waals surface area contributed by atoms with Crippen LogP contribution >= 0.6 is 0 Å². The van der Waals surface area contributed by atoms with Crippen LogP contribution in [0, 0.1) is 6.57 Å². The van der Waals surface area contributed by atoms with Crippen LogP contribution in [-0.4, -0.2) is 23.3 Å². The molecule has 5 aromatic heterocycles. The predicted octanol–water partition coefficient (Wildman–Crippen LogP) is 15.7. The van der Waals surface area contributed by atoms with Crippen molar-refractivity contribution in [1.29, 1.82) is 0 Å². The Hall–Kier alpha value is -9.18. The van der Waals surface area contributed by atoms with E-state index in [0.29, 0.717) is 11.4 Å². The molecule has 0 saturated heterocycles. The molecule has 0 N–H and O–H groups in total. The first kappa shape index (κ1) is 36.3. The quantitative estimate of drug-likeness (QED) is 0.159. The third-order valence-corrected chi connectivity index (χ3v) is 13.6. The maximum Gasteiger partial charge on any atom is 0.198 e. The number of benzene rings is 9. The Kier molecular flexibility index (Phi) is 7.65. The van der Waals surface area contributed by atoms with Gasteiger partial charge < -0.3 is 13.7 Å². The number of para-hydroxylation sites is 8. The molecule has 0 atom stereocenters. The minimum Gasteiger partial charge on any atom is -0.308 e. The van der Waals surface area contributed by atoms with E-state index in [0.717, 1.165) is 94.1 Å². The van der Waals surface area contributed by atoms with E-state index in [1.54, 1.807) is 0 Å². The number of nitrogens with zero attached hydrogens (tertiary/aromatic N) is 6. The molecular weight excluding hydrogens is 805 g/mol. The van der Waals surface area contributed by atoms with Crippen LogP contribution < -0.4 is 0 Å². The predicted molar refractivity (Wildman–Crippen MR) is 273 cm³/mol. The molecule has 14 rings (SSSR count). The average molecular weight is 841 g/mol. The maximum atomic E-state index is 8.91. The van der Waals surface area contributed by atoms with E-state index in [9.17, 15) is 0 Å². The minimum absolute atomic E-state index is 0.515. The normalized spacial score (nSPS) is 11.9. The van der Waals surface area contributed by atoms with Crippen molar-refractivity contribution in [1.82, 2.24) is 23.3 Å². The average Bonchev–Trinajstić information content (AvgIpc) is 4.11. The Labute approximate surface area is 378 Å². The van der Waals surface area contributed by atoms with E-state index >= 15 is 0 Å². The third-order valence-electron chi connectivity index (χ3n) is 13.6. The number of pyridine rings is 1. The molecule has 0 aliphatic rings. The molecule has 0 amide bonds. The standard InChI is InChI=1S/C60H36N6/c1-61-48-37-59(65-53-30-14-6-22-42(53)43-23-7-15-31-54(43)65)58(64-51-28-12-4-20-40(51)41-21-5-13-29-52(41)64)36-46(48)47-34-35-57(63-49-26-10-2-18-38(49)39-19-3-11-27-50(39)63)60(62-47)66-55-32-16-8-24-44(55)45-25-9-17-33-56(45)66/h2-37H. The van der Waals surface area contributed by atoms with Crippen molar-refractivity contribution in [2.75, 3.05) is 0 Å². The molecule has 66 heavy (non-hydrogen) atoms. The lowest BCUT2D eigenvalue weighted by atomic mass is 10.0. The molecule has 0 aliphatic heterocycles. The van der Waals surface area contributed by atoms with Gasteiger partial charge in [0.15, 0.2) is 11.5 Å². The van der Waals surface area contributed by atoms with Gasteiger partial charge in [0.25, 0.3) is 0 Å². The van der Waals surface area contributed by atoms with Crippen LogP contribution in [0.5, 0.6) is 0 Å². The van der Waals surface area contributed by atoms with Gasteiger partial charge >= 0.3 is 0 Å². The Morgan fingerprint density at radius 3 is 0.924 bits per heavy atom. The summed E-state index contributed by atoms with van der Waals surface area (Å²) in [6.07, 6.45) is 0. The number of aromatic nitrogens is 5. The van der Waals surface area contributed by atoms with Crippen molar-refractivity contribution < 1.29 is 0 Å². The number of rotatable bonds is 5. The van der Waals surface area contributed by atoms with Gasteiger partial charge in [0.2, 0.25) is 0 Å². The molecule has 0 aliphatic carbocycles. The van der Waals surface area contributed by atoms with Crippen LogP contribution in [0.15, 0.2) is 218 Å². The Morgan fingerprint density at radius 2 is 0.591 bits per heavy atom. The molecule has 0 saturated carbocycles. The second-order valence-electron chi connectivity index (χ2n) is 17.0. The minimum atomic E-state index is 0.515. The first-order valence-corrected chi connectivity index (χ1v) is 22.3. The van der Waals surface area contributed by atoms with Gasteiger partial charge in [-0.15, -0.1) is 0 Å². The van der Waals surface area contributed by atoms with Crippen LogP contribution in [0.2, 0.25) is 0 Å². The summed E-state index contributed by atoms with van der Waals surface area (Å²) in [7, 11) is 0. The van der Waals surface area contributed by atoms with Gasteiger partial charge in [-0.1, -0.05) is 146 Å². The summed E-state index contributed by atoms with van der Waals surface area (Å²) >= 11 is 0. The second kappa shape index (κ2) is 13.9. The number of hydrogen-bond donors (Lipinski definition) is 0. The first-order chi connectivity index (χ1) is 32.7. The zero-order chi connectivity index (χ0) is 43.5. The van der Waals surface area contributed by atoms with Crippen molar-refractivity contribution in [2.24, 2.45) is 0 Å². The van der Waals surface area contributed by atoms with Gasteiger partial charge in [0.1, 0.15) is 0 Å². The maximum absolute atomic E-state index is 8.91. The smallest absolute Gasteiger partial charge is 0.198 e. The van der Waals surface area contributed by atoms with Crippen molar-refractivity contribution in [2.45, 2.75) is 0 Å². The van der Waals surface area contributed by atoms with E-state index < -0.39 is 0 Å². The lowest BCUT2D eigenvalue weighted by molar-refractivity contribution is 1.03. The molecule has 6 heteroatoms. The highest BCUT2D eigenvalue weighted by Crippen LogP contribution is 2.44. The van der Waals surface area contributed by atoms with Gasteiger partial charge in [-0.3, -0.25) is 4.57 Å². The highest BCUT2D eigenvalue weighted by Gasteiger charge is 2.25. The molecule has 0 bridgehead atoms. The molecule has 0 spiro atoms. The SMILES string of the molecule is [C-]#[N+]c1cc(-n2c3ccccc3c3ccccc32)c(-n2c3ccccc3c3ccccc32)cc1-c1ccc(-n2c3ccccc3c3ccccc32)c(-n2c3ccccc3c3ccccc32)n1. The fourth-order valence-electron chi connectivity index (χ4n) is 10.8. The van der Waals surface area contributed by atoms with E-state index in [-0.39, 0.29) is 0 Å². The number of hydrogen-bond acceptors (Lipinski definition) is 1. The highest BCUT2D eigenvalue weighted by atomic mass is 15.1. The molecule has 0 radical (unpaired) electrons. The van der Waals surface area contributed by atoms with Gasteiger partial charge in [0, 0.05) is 48.7 Å². The van der Waals surface area contributed by atoms with E-state index in [4.69, 9.17) is 11.6 Å². The third kappa shape index (κ3) is 5.02. The van der Waals surface area contributed by atoms with Crippen LogP contribution in [0.1, 0.15) is 0 Å². The summed E-state index contributed by atoms with van der Waals surface area (Å²) in [6.45, 7) is 8.91. The molecular formula is C60H36N6. The lowest BCUT2D eigenvalue weighted by Crippen LogP contribution is -2.07. The fraction of sp³-hybridized carbons (Fsp3) is 0. The molecule has 0 unspecified atom stereocenters. The molecule has 6 nitrogen and oxygen atoms in total. The van der Waals surface area contributed by atoms with Gasteiger partial charge in [0.05, 0.1) is 73.5 Å². The summed E-state index contributed by atoms with van der Waals surface area (Å²) in [5.74, 6) is 0.775. The van der Waals surface area contributed by atoms with Gasteiger partial charge in [-0.25, -0.2) is 9.83 Å². The number of fused-ring (bicyclic) bond motifs is 12. The summed E-state index contributed by atoms with van der Waals surface area (Å²) in [4.78, 5) is 10.1. The lowest BCUT2D eigenvalue weighted by Gasteiger charge is -2.20. The first-order valence-electron chi connectivity index (χ1n) is 22.3. The summed E-state index contributed by atoms with van der Waals surface area (Å²) in [5, 5.41) is 9.31. The monoisotopic (exact) mass is 840 g/mol. The van der Waals surface area contributed by atoms with Crippen LogP contribution in [-0.2, 0) is 0 Å². The van der Waals surface area contributed by atoms with E-state index in [2.05, 4.69) is 242 Å². The van der Waals surface area contributed by atoms with Crippen molar-refractivity contribution in [3.8, 4) is 34.1 Å². The van der Waals surface area contributed by atoms with Crippen molar-refractivity contribution in [3.05, 3.63) is 230 Å². The molecule has 5 heterocycles. The van der Waals surface area contributed by atoms with Gasteiger partial charge in [-0.2, -0.15) is 0 Å². The molecule has 14 aromatic rings. The van der Waals surface area contributed by atoms with Crippen LogP contribution in [0.25, 0.3) is 126 Å². The molecule has 9 aromatic carbocycles. The Morgan fingerprint density at radius 1 is 0.303 bits per heavy atom. The Balaban J connectivity index is 1.13. The fourth-order valence-corrected chi connectivity index (χ4v) is 10.8. The zero-order valence-corrected chi connectivity index (χ0v) is 35.5. The Bertz CT molecular complexity index is 4160. The van der Waals surface area contributed by atoms with Crippen molar-refractivity contribution in [3.63, 3.8) is 0 Å². The largest absolute Gasteiger partial charge is 0.308 e. The van der Waals surface area contributed by atoms with Gasteiger partial charge in [-0.05, 0) is 72.8 Å². The molecule has 306 valence electrons. The van der Waals surface area contributed by atoms with Crippen LogP contribution in [0.4, 0.5) is 5.69 Å². The van der Waals surface area contributed by atoms with E-state index in [1.165, 1.54) is 21.5 Å². The highest BCUT2D eigenvalue weighted by molar-refractivity contribution is 6.13. The molecule has 0 fully saturated rings.